The molecule has 2 aromatic carbocycles. The highest BCUT2D eigenvalue weighted by atomic mass is 16.5. The van der Waals surface area contributed by atoms with Crippen molar-refractivity contribution in [2.45, 2.75) is 6.92 Å². The first-order chi connectivity index (χ1) is 8.16. The maximum Gasteiger partial charge on any atom is 0.130 e. The molecule has 2 heteroatoms. The van der Waals surface area contributed by atoms with E-state index >= 15 is 0 Å². The number of rotatable bonds is 3. The van der Waals surface area contributed by atoms with Gasteiger partial charge >= 0.3 is 0 Å². The molecule has 0 spiro atoms. The fourth-order valence-electron chi connectivity index (χ4n) is 1.51. The predicted octanol–water partition coefficient (Wildman–Crippen LogP) is 3.75. The van der Waals surface area contributed by atoms with E-state index < -0.39 is 0 Å². The van der Waals surface area contributed by atoms with Crippen molar-refractivity contribution in [1.82, 2.24) is 0 Å². The lowest BCUT2D eigenvalue weighted by Gasteiger charge is -2.10. The lowest BCUT2D eigenvalue weighted by Crippen LogP contribution is -1.94. The van der Waals surface area contributed by atoms with Crippen molar-refractivity contribution in [3.05, 3.63) is 66.2 Å². The van der Waals surface area contributed by atoms with Crippen LogP contribution in [0.1, 0.15) is 11.1 Å². The quantitative estimate of drug-likeness (QED) is 0.807. The summed E-state index contributed by atoms with van der Waals surface area (Å²) < 4.78 is 5.69. The molecule has 17 heavy (non-hydrogen) atoms. The van der Waals surface area contributed by atoms with E-state index in [-0.39, 0.29) is 5.75 Å². The van der Waals surface area contributed by atoms with E-state index in [2.05, 4.69) is 6.58 Å². The zero-order valence-electron chi connectivity index (χ0n) is 9.68. The summed E-state index contributed by atoms with van der Waals surface area (Å²) in [7, 11) is 0. The molecule has 0 saturated carbocycles. The van der Waals surface area contributed by atoms with Crippen LogP contribution in [0, 0.1) is 6.92 Å². The first-order valence-corrected chi connectivity index (χ1v) is 5.38. The van der Waals surface area contributed by atoms with E-state index in [1.165, 1.54) is 0 Å². The molecule has 0 aliphatic rings. The average Bonchev–Trinajstić information content (AvgIpc) is 2.33. The normalized spacial score (nSPS) is 9.94. The molecule has 0 unspecified atom stereocenters. The lowest BCUT2D eigenvalue weighted by molar-refractivity contribution is 0.475. The third kappa shape index (κ3) is 2.67. The molecule has 2 rings (SSSR count). The third-order valence-electron chi connectivity index (χ3n) is 2.52. The monoisotopic (exact) mass is 226 g/mol. The molecular formula is C15H14O2. The Hall–Kier alpha value is -2.22. The average molecular weight is 226 g/mol. The number of aryl methyl sites for hydroxylation is 1. The van der Waals surface area contributed by atoms with Crippen molar-refractivity contribution in [3.63, 3.8) is 0 Å². The van der Waals surface area contributed by atoms with E-state index in [1.54, 1.807) is 24.3 Å². The van der Waals surface area contributed by atoms with Crippen molar-refractivity contribution >= 4 is 5.76 Å². The second-order valence-corrected chi connectivity index (χ2v) is 3.84. The highest BCUT2D eigenvalue weighted by molar-refractivity contribution is 5.60. The topological polar surface area (TPSA) is 29.5 Å². The summed E-state index contributed by atoms with van der Waals surface area (Å²) in [5.74, 6) is 1.60. The maximum atomic E-state index is 9.20. The van der Waals surface area contributed by atoms with Crippen molar-refractivity contribution in [2.24, 2.45) is 0 Å². The molecule has 1 N–H and O–H groups in total. The van der Waals surface area contributed by atoms with Gasteiger partial charge in [-0.2, -0.15) is 0 Å². The number of hydrogen-bond acceptors (Lipinski definition) is 2. The standard InChI is InChI=1S/C15H14O2/c1-11-5-3-4-6-15(11)17-12(2)13-7-9-14(16)10-8-13/h3-10,16H,2H2,1H3. The van der Waals surface area contributed by atoms with E-state index in [1.807, 2.05) is 31.2 Å². The second kappa shape index (κ2) is 4.74. The Morgan fingerprint density at radius 3 is 2.35 bits per heavy atom. The number of benzene rings is 2. The fraction of sp³-hybridized carbons (Fsp3) is 0.0667. The van der Waals surface area contributed by atoms with Crippen LogP contribution in [-0.2, 0) is 0 Å². The Bertz CT molecular complexity index is 527. The molecule has 0 aromatic heterocycles. The number of hydrogen-bond donors (Lipinski definition) is 1. The van der Waals surface area contributed by atoms with Gasteiger partial charge in [-0.15, -0.1) is 0 Å². The minimum Gasteiger partial charge on any atom is -0.508 e. The second-order valence-electron chi connectivity index (χ2n) is 3.84. The molecular weight excluding hydrogens is 212 g/mol. The van der Waals surface area contributed by atoms with Crippen molar-refractivity contribution in [1.29, 1.82) is 0 Å². The van der Waals surface area contributed by atoms with E-state index in [0.29, 0.717) is 5.76 Å². The highest BCUT2D eigenvalue weighted by Crippen LogP contribution is 2.23. The SMILES string of the molecule is C=C(Oc1ccccc1C)c1ccc(O)cc1. The van der Waals surface area contributed by atoms with Gasteiger partial charge in [-0.1, -0.05) is 24.8 Å². The van der Waals surface area contributed by atoms with Gasteiger partial charge in [-0.05, 0) is 42.8 Å². The van der Waals surface area contributed by atoms with E-state index in [4.69, 9.17) is 4.74 Å². The number of phenolic OH excluding ortho intramolecular Hbond substituents is 1. The minimum absolute atomic E-state index is 0.234. The Kier molecular flexibility index (Phi) is 3.15. The van der Waals surface area contributed by atoms with Crippen LogP contribution in [0.5, 0.6) is 11.5 Å². The van der Waals surface area contributed by atoms with Crippen LogP contribution in [-0.4, -0.2) is 5.11 Å². The van der Waals surface area contributed by atoms with Crippen molar-refractivity contribution in [3.8, 4) is 11.5 Å². The summed E-state index contributed by atoms with van der Waals surface area (Å²) >= 11 is 0. The predicted molar refractivity (Wildman–Crippen MR) is 68.9 cm³/mol. The third-order valence-corrected chi connectivity index (χ3v) is 2.52. The molecule has 0 aliphatic heterocycles. The van der Waals surface area contributed by atoms with Crippen LogP contribution in [0.4, 0.5) is 0 Å². The van der Waals surface area contributed by atoms with Gasteiger partial charge < -0.3 is 9.84 Å². The van der Waals surface area contributed by atoms with Gasteiger partial charge in [0.1, 0.15) is 17.3 Å². The summed E-state index contributed by atoms with van der Waals surface area (Å²) in [6, 6.07) is 14.5. The fourth-order valence-corrected chi connectivity index (χ4v) is 1.51. The van der Waals surface area contributed by atoms with Crippen LogP contribution in [0.25, 0.3) is 5.76 Å². The molecule has 0 radical (unpaired) electrons. The molecule has 0 amide bonds. The number of ether oxygens (including phenoxy) is 1. The molecule has 2 aromatic rings. The van der Waals surface area contributed by atoms with Crippen molar-refractivity contribution < 1.29 is 9.84 Å². The van der Waals surface area contributed by atoms with Crippen LogP contribution in [0.2, 0.25) is 0 Å². The van der Waals surface area contributed by atoms with Crippen LogP contribution in [0.15, 0.2) is 55.1 Å². The minimum atomic E-state index is 0.234. The number of phenols is 1. The zero-order chi connectivity index (χ0) is 12.3. The Balaban J connectivity index is 2.17. The van der Waals surface area contributed by atoms with E-state index in [9.17, 15) is 5.11 Å². The number of aromatic hydroxyl groups is 1. The highest BCUT2D eigenvalue weighted by Gasteiger charge is 2.03. The lowest BCUT2D eigenvalue weighted by atomic mass is 10.2. The summed E-state index contributed by atoms with van der Waals surface area (Å²) in [6.45, 7) is 5.87. The Morgan fingerprint density at radius 2 is 1.71 bits per heavy atom. The molecule has 86 valence electrons. The molecule has 0 bridgehead atoms. The Morgan fingerprint density at radius 1 is 1.06 bits per heavy atom. The van der Waals surface area contributed by atoms with Gasteiger partial charge in [-0.3, -0.25) is 0 Å². The van der Waals surface area contributed by atoms with Gasteiger partial charge in [0, 0.05) is 5.56 Å². The molecule has 0 saturated heterocycles. The van der Waals surface area contributed by atoms with Crippen molar-refractivity contribution in [2.75, 3.05) is 0 Å². The van der Waals surface area contributed by atoms with Crippen LogP contribution in [0.3, 0.4) is 0 Å². The van der Waals surface area contributed by atoms with Gasteiger partial charge in [-0.25, -0.2) is 0 Å². The van der Waals surface area contributed by atoms with Gasteiger partial charge in [0.2, 0.25) is 0 Å². The van der Waals surface area contributed by atoms with Crippen LogP contribution < -0.4 is 4.74 Å². The molecule has 0 aliphatic carbocycles. The molecule has 2 nitrogen and oxygen atoms in total. The zero-order valence-corrected chi connectivity index (χ0v) is 9.68. The van der Waals surface area contributed by atoms with Gasteiger partial charge in [0.05, 0.1) is 0 Å². The maximum absolute atomic E-state index is 9.20. The van der Waals surface area contributed by atoms with Crippen LogP contribution >= 0.6 is 0 Å². The molecule has 0 fully saturated rings. The van der Waals surface area contributed by atoms with Gasteiger partial charge in [0.25, 0.3) is 0 Å². The van der Waals surface area contributed by atoms with Gasteiger partial charge in [0.15, 0.2) is 0 Å². The largest absolute Gasteiger partial charge is 0.508 e. The van der Waals surface area contributed by atoms with E-state index in [0.717, 1.165) is 16.9 Å². The Labute approximate surface area is 101 Å². The smallest absolute Gasteiger partial charge is 0.130 e. The summed E-state index contributed by atoms with van der Waals surface area (Å²) in [5, 5.41) is 9.20. The first-order valence-electron chi connectivity index (χ1n) is 5.38. The first kappa shape index (κ1) is 11.3. The summed E-state index contributed by atoms with van der Waals surface area (Å²) in [5.41, 5.74) is 1.92. The summed E-state index contributed by atoms with van der Waals surface area (Å²) in [4.78, 5) is 0. The molecule has 0 atom stereocenters. The summed E-state index contributed by atoms with van der Waals surface area (Å²) in [6.07, 6.45) is 0. The molecule has 0 heterocycles. The number of para-hydroxylation sites is 1.